The minimum atomic E-state index is -0.529. The Bertz CT molecular complexity index is 1330. The van der Waals surface area contributed by atoms with Crippen molar-refractivity contribution in [1.29, 1.82) is 0 Å². The van der Waals surface area contributed by atoms with E-state index in [0.717, 1.165) is 22.0 Å². The zero-order chi connectivity index (χ0) is 27.2. The highest BCUT2D eigenvalue weighted by Crippen LogP contribution is 2.39. The minimum Gasteiger partial charge on any atom is -0.444 e. The molecule has 2 amide bonds. The second-order valence-corrected chi connectivity index (χ2v) is 11.4. The molecule has 3 aromatic rings. The van der Waals surface area contributed by atoms with E-state index in [1.54, 1.807) is 29.1 Å². The van der Waals surface area contributed by atoms with Crippen molar-refractivity contribution in [2.45, 2.75) is 66.0 Å². The third-order valence-electron chi connectivity index (χ3n) is 7.23. The summed E-state index contributed by atoms with van der Waals surface area (Å²) in [6.07, 6.45) is 5.37. The number of pyridine rings is 1. The van der Waals surface area contributed by atoms with Crippen LogP contribution in [0, 0.1) is 18.7 Å². The number of fused-ring (bicyclic) bond motifs is 1. The lowest BCUT2D eigenvalue weighted by Crippen LogP contribution is -2.53. The lowest BCUT2D eigenvalue weighted by Gasteiger charge is -2.42. The number of rotatable bonds is 5. The van der Waals surface area contributed by atoms with Crippen molar-refractivity contribution >= 4 is 22.9 Å². The molecule has 8 heteroatoms. The average molecular weight is 509 g/mol. The molecule has 0 N–H and O–H groups in total. The number of hydrogen-bond acceptors (Lipinski definition) is 4. The summed E-state index contributed by atoms with van der Waals surface area (Å²) in [7, 11) is 1.72. The van der Waals surface area contributed by atoms with Crippen LogP contribution >= 0.6 is 0 Å². The van der Waals surface area contributed by atoms with Gasteiger partial charge in [-0.25, -0.2) is 9.18 Å². The van der Waals surface area contributed by atoms with E-state index in [4.69, 9.17) is 4.74 Å². The average Bonchev–Trinajstić information content (AvgIpc) is 3.16. The van der Waals surface area contributed by atoms with Gasteiger partial charge in [0.25, 0.3) is 5.91 Å². The molecule has 3 heterocycles. The number of aromatic nitrogens is 2. The zero-order valence-electron chi connectivity index (χ0n) is 23.0. The van der Waals surface area contributed by atoms with Gasteiger partial charge in [-0.05, 0) is 76.8 Å². The number of carbonyl (C=O) groups is 2. The number of halogens is 1. The van der Waals surface area contributed by atoms with E-state index >= 15 is 0 Å². The van der Waals surface area contributed by atoms with Crippen LogP contribution in [0.4, 0.5) is 9.18 Å². The number of hydrogen-bond donors (Lipinski definition) is 0. The molecule has 0 bridgehead atoms. The van der Waals surface area contributed by atoms with Gasteiger partial charge >= 0.3 is 6.09 Å². The largest absolute Gasteiger partial charge is 0.444 e. The highest BCUT2D eigenvalue weighted by molar-refractivity contribution is 5.99. The summed E-state index contributed by atoms with van der Waals surface area (Å²) in [5.74, 6) is -0.295. The molecule has 2 aromatic heterocycles. The molecule has 37 heavy (non-hydrogen) atoms. The summed E-state index contributed by atoms with van der Waals surface area (Å²) in [5, 5.41) is 1.07. The maximum absolute atomic E-state index is 14.3. The van der Waals surface area contributed by atoms with Gasteiger partial charge in [-0.2, -0.15) is 0 Å². The van der Waals surface area contributed by atoms with Gasteiger partial charge in [0, 0.05) is 49.9 Å². The van der Waals surface area contributed by atoms with Crippen molar-refractivity contribution in [3.63, 3.8) is 0 Å². The highest BCUT2D eigenvalue weighted by atomic mass is 19.1. The first-order chi connectivity index (χ1) is 17.3. The van der Waals surface area contributed by atoms with Gasteiger partial charge in [-0.1, -0.05) is 6.92 Å². The Morgan fingerprint density at radius 1 is 1.16 bits per heavy atom. The predicted molar refractivity (Wildman–Crippen MR) is 143 cm³/mol. The normalized spacial score (nSPS) is 15.1. The monoisotopic (exact) mass is 508 g/mol. The van der Waals surface area contributed by atoms with Crippen molar-refractivity contribution in [3.8, 4) is 5.69 Å². The van der Waals surface area contributed by atoms with Gasteiger partial charge in [0.15, 0.2) is 0 Å². The molecule has 0 saturated carbocycles. The van der Waals surface area contributed by atoms with Crippen molar-refractivity contribution in [2.75, 3.05) is 20.1 Å². The van der Waals surface area contributed by atoms with Crippen molar-refractivity contribution < 1.29 is 18.7 Å². The lowest BCUT2D eigenvalue weighted by molar-refractivity contribution is -0.00412. The van der Waals surface area contributed by atoms with Crippen LogP contribution in [0.2, 0.25) is 0 Å². The van der Waals surface area contributed by atoms with Crippen molar-refractivity contribution in [3.05, 3.63) is 59.3 Å². The smallest absolute Gasteiger partial charge is 0.410 e. The summed E-state index contributed by atoms with van der Waals surface area (Å²) in [5.41, 5.74) is 3.38. The topological polar surface area (TPSA) is 67.7 Å². The third-order valence-corrected chi connectivity index (χ3v) is 7.23. The van der Waals surface area contributed by atoms with E-state index in [-0.39, 0.29) is 29.9 Å². The van der Waals surface area contributed by atoms with Gasteiger partial charge in [0.2, 0.25) is 0 Å². The number of ether oxygens (including phenoxy) is 1. The van der Waals surface area contributed by atoms with Crippen LogP contribution in [0.15, 0.2) is 36.8 Å². The SMILES string of the molecule is Cc1cncc2c1c(C(C)C1CN(C(=O)OC(C)(C)C)C1)cn2-c1ccc(F)cc1C(=O)N(C)C(C)C. The van der Waals surface area contributed by atoms with E-state index in [2.05, 4.69) is 11.9 Å². The Morgan fingerprint density at radius 3 is 2.46 bits per heavy atom. The van der Waals surface area contributed by atoms with Crippen LogP contribution in [0.3, 0.4) is 0 Å². The molecule has 1 saturated heterocycles. The van der Waals surface area contributed by atoms with Crippen molar-refractivity contribution in [2.24, 2.45) is 5.92 Å². The van der Waals surface area contributed by atoms with E-state index in [9.17, 15) is 14.0 Å². The molecule has 7 nitrogen and oxygen atoms in total. The molecule has 4 rings (SSSR count). The quantitative estimate of drug-likeness (QED) is 0.429. The highest BCUT2D eigenvalue weighted by Gasteiger charge is 2.38. The molecule has 1 aliphatic rings. The van der Waals surface area contributed by atoms with Gasteiger partial charge < -0.3 is 19.1 Å². The molecular formula is C29H37FN4O3. The van der Waals surface area contributed by atoms with E-state index in [1.165, 1.54) is 12.1 Å². The molecule has 1 fully saturated rings. The van der Waals surface area contributed by atoms with Crippen LogP contribution in [0.1, 0.15) is 68.9 Å². The fourth-order valence-corrected chi connectivity index (χ4v) is 4.80. The molecule has 0 radical (unpaired) electrons. The summed E-state index contributed by atoms with van der Waals surface area (Å²) in [4.78, 5) is 33.5. The first-order valence-corrected chi connectivity index (χ1v) is 12.8. The van der Waals surface area contributed by atoms with Crippen LogP contribution in [-0.4, -0.2) is 63.1 Å². The molecule has 1 aromatic carbocycles. The molecule has 0 aliphatic carbocycles. The zero-order valence-corrected chi connectivity index (χ0v) is 23.0. The molecule has 1 unspecified atom stereocenters. The molecule has 1 atom stereocenters. The third kappa shape index (κ3) is 5.20. The number of aryl methyl sites for hydroxylation is 1. The summed E-state index contributed by atoms with van der Waals surface area (Å²) >= 11 is 0. The lowest BCUT2D eigenvalue weighted by atomic mass is 9.82. The van der Waals surface area contributed by atoms with Gasteiger partial charge in [-0.3, -0.25) is 9.78 Å². The number of likely N-dealkylation sites (tertiary alicyclic amines) is 1. The van der Waals surface area contributed by atoms with Crippen LogP contribution in [0.25, 0.3) is 16.6 Å². The van der Waals surface area contributed by atoms with Gasteiger partial charge in [-0.15, -0.1) is 0 Å². The van der Waals surface area contributed by atoms with E-state index in [1.807, 2.05) is 58.5 Å². The summed E-state index contributed by atoms with van der Waals surface area (Å²) in [6.45, 7) is 14.9. The van der Waals surface area contributed by atoms with Crippen LogP contribution in [-0.2, 0) is 4.74 Å². The summed E-state index contributed by atoms with van der Waals surface area (Å²) < 4.78 is 21.8. The second kappa shape index (κ2) is 9.80. The Hall–Kier alpha value is -3.42. The molecule has 0 spiro atoms. The fraction of sp³-hybridized carbons (Fsp3) is 0.483. The molecule has 1 aliphatic heterocycles. The van der Waals surface area contributed by atoms with E-state index < -0.39 is 11.4 Å². The van der Waals surface area contributed by atoms with Crippen molar-refractivity contribution in [1.82, 2.24) is 19.4 Å². The molecular weight excluding hydrogens is 471 g/mol. The standard InChI is InChI=1S/C29H37FN4O3/c1-17(2)32(8)27(35)22-11-21(30)9-10-24(22)34-16-23(26-18(3)12-31-13-25(26)34)19(4)20-14-33(15-20)28(36)37-29(5,6)7/h9-13,16-17,19-20H,14-15H2,1-8H3. The minimum absolute atomic E-state index is 0.0314. The van der Waals surface area contributed by atoms with Crippen LogP contribution in [0.5, 0.6) is 0 Å². The van der Waals surface area contributed by atoms with Crippen LogP contribution < -0.4 is 0 Å². The predicted octanol–water partition coefficient (Wildman–Crippen LogP) is 5.92. The number of carbonyl (C=O) groups excluding carboxylic acids is 2. The summed E-state index contributed by atoms with van der Waals surface area (Å²) in [6, 6.07) is 4.31. The molecule has 198 valence electrons. The Morgan fingerprint density at radius 2 is 1.84 bits per heavy atom. The van der Waals surface area contributed by atoms with Gasteiger partial charge in [0.1, 0.15) is 11.4 Å². The Balaban J connectivity index is 1.73. The maximum atomic E-state index is 14.3. The van der Waals surface area contributed by atoms with E-state index in [0.29, 0.717) is 24.3 Å². The number of amides is 2. The second-order valence-electron chi connectivity index (χ2n) is 11.4. The maximum Gasteiger partial charge on any atom is 0.410 e. The van der Waals surface area contributed by atoms with Gasteiger partial charge in [0.05, 0.1) is 23.0 Å². The number of benzene rings is 1. The fourth-order valence-electron chi connectivity index (χ4n) is 4.80. The Labute approximate surface area is 218 Å². The first-order valence-electron chi connectivity index (χ1n) is 12.8. The number of nitrogens with zero attached hydrogens (tertiary/aromatic N) is 4. The Kier molecular flexibility index (Phi) is 7.06. The first kappa shape index (κ1) is 26.6.